The number of aliphatic hydroxyl groups excluding tert-OH is 1. The van der Waals surface area contributed by atoms with E-state index < -0.39 is 0 Å². The van der Waals surface area contributed by atoms with Gasteiger partial charge in [0.15, 0.2) is 0 Å². The van der Waals surface area contributed by atoms with Gasteiger partial charge < -0.3 is 10.4 Å². The second-order valence-corrected chi connectivity index (χ2v) is 10.3. The van der Waals surface area contributed by atoms with Crippen molar-refractivity contribution in [2.45, 2.75) is 83.3 Å². The molecule has 5 aliphatic rings. The zero-order chi connectivity index (χ0) is 18.3. The minimum Gasteiger partial charge on any atom is -0.393 e. The molecule has 2 N–H and O–H groups in total. The van der Waals surface area contributed by atoms with Crippen molar-refractivity contribution in [1.29, 1.82) is 0 Å². The molecule has 0 aromatic rings. The first-order valence-corrected chi connectivity index (χ1v) is 10.5. The van der Waals surface area contributed by atoms with Crippen molar-refractivity contribution >= 4 is 11.7 Å². The van der Waals surface area contributed by atoms with Crippen LogP contribution in [0.3, 0.4) is 0 Å². The van der Waals surface area contributed by atoms with Crippen molar-refractivity contribution in [2.24, 2.45) is 28.6 Å². The summed E-state index contributed by atoms with van der Waals surface area (Å²) in [4.78, 5) is 24.0. The van der Waals surface area contributed by atoms with Crippen molar-refractivity contribution in [3.63, 3.8) is 0 Å². The van der Waals surface area contributed by atoms with E-state index in [1.165, 1.54) is 5.57 Å². The van der Waals surface area contributed by atoms with Gasteiger partial charge in [0.2, 0.25) is 5.91 Å². The van der Waals surface area contributed by atoms with Gasteiger partial charge in [-0.25, -0.2) is 0 Å². The molecule has 142 valence electrons. The summed E-state index contributed by atoms with van der Waals surface area (Å²) in [6.45, 7) is 4.64. The number of hydrogen-bond acceptors (Lipinski definition) is 3. The maximum Gasteiger partial charge on any atom is 0.220 e. The molecule has 7 atom stereocenters. The number of carbonyl (C=O) groups excluding carboxylic acids is 2. The SMILES string of the molecule is C[C@]12CCC(=O)CC1=CCC1C2[C@@H](O)C[C@@]2(C)C1CC[C@@]21CCC(=O)N1. The number of nitrogens with one attached hydrogen (secondary N) is 1. The summed E-state index contributed by atoms with van der Waals surface area (Å²) in [5.74, 6) is 1.84. The predicted molar refractivity (Wildman–Crippen MR) is 98.2 cm³/mol. The third kappa shape index (κ3) is 1.95. The Hall–Kier alpha value is -1.16. The van der Waals surface area contributed by atoms with Crippen LogP contribution in [-0.2, 0) is 9.59 Å². The third-order valence-corrected chi connectivity index (χ3v) is 9.39. The summed E-state index contributed by atoms with van der Waals surface area (Å²) in [6, 6.07) is 0. The van der Waals surface area contributed by atoms with Crippen molar-refractivity contribution in [1.82, 2.24) is 5.32 Å². The monoisotopic (exact) mass is 357 g/mol. The maximum atomic E-state index is 12.0. The number of allylic oxidation sites excluding steroid dienone is 2. The topological polar surface area (TPSA) is 66.4 Å². The molecule has 5 rings (SSSR count). The summed E-state index contributed by atoms with van der Waals surface area (Å²) in [5, 5.41) is 14.7. The lowest BCUT2D eigenvalue weighted by molar-refractivity contribution is -0.137. The van der Waals surface area contributed by atoms with Gasteiger partial charge in [-0.2, -0.15) is 0 Å². The number of aliphatic hydroxyl groups is 1. The lowest BCUT2D eigenvalue weighted by Gasteiger charge is -2.60. The molecule has 4 heteroatoms. The molecule has 1 aliphatic heterocycles. The largest absolute Gasteiger partial charge is 0.393 e. The molecule has 0 bridgehead atoms. The summed E-state index contributed by atoms with van der Waals surface area (Å²) in [5.41, 5.74) is 1.16. The van der Waals surface area contributed by atoms with Crippen LogP contribution in [0.5, 0.6) is 0 Å². The number of amides is 1. The molecule has 4 nitrogen and oxygen atoms in total. The van der Waals surface area contributed by atoms with Crippen molar-refractivity contribution < 1.29 is 14.7 Å². The van der Waals surface area contributed by atoms with Crippen LogP contribution in [0.1, 0.15) is 71.6 Å². The molecule has 0 aromatic heterocycles. The predicted octanol–water partition coefficient (Wildman–Crippen LogP) is 3.14. The van der Waals surface area contributed by atoms with Crippen LogP contribution >= 0.6 is 0 Å². The lowest BCUT2D eigenvalue weighted by atomic mass is 9.45. The van der Waals surface area contributed by atoms with E-state index in [2.05, 4.69) is 25.2 Å². The molecule has 3 saturated carbocycles. The zero-order valence-electron chi connectivity index (χ0n) is 16.0. The number of carbonyl (C=O) groups is 2. The quantitative estimate of drug-likeness (QED) is 0.655. The molecular formula is C22H31NO3. The van der Waals surface area contributed by atoms with Gasteiger partial charge in [-0.15, -0.1) is 0 Å². The van der Waals surface area contributed by atoms with E-state index in [4.69, 9.17) is 0 Å². The van der Waals surface area contributed by atoms with E-state index in [1.54, 1.807) is 0 Å². The van der Waals surface area contributed by atoms with Crippen LogP contribution in [0.4, 0.5) is 0 Å². The van der Waals surface area contributed by atoms with E-state index in [9.17, 15) is 14.7 Å². The van der Waals surface area contributed by atoms with E-state index in [0.717, 1.165) is 38.5 Å². The first-order chi connectivity index (χ1) is 12.3. The van der Waals surface area contributed by atoms with Gasteiger partial charge in [0.1, 0.15) is 5.78 Å². The Morgan fingerprint density at radius 2 is 1.96 bits per heavy atom. The average molecular weight is 357 g/mol. The fraction of sp³-hybridized carbons (Fsp3) is 0.818. The van der Waals surface area contributed by atoms with Crippen molar-refractivity contribution in [3.8, 4) is 0 Å². The van der Waals surface area contributed by atoms with Crippen molar-refractivity contribution in [2.75, 3.05) is 0 Å². The lowest BCUT2D eigenvalue weighted by Crippen LogP contribution is -2.62. The Bertz CT molecular complexity index is 714. The zero-order valence-corrected chi connectivity index (χ0v) is 16.0. The highest BCUT2D eigenvalue weighted by Gasteiger charge is 2.67. The third-order valence-electron chi connectivity index (χ3n) is 9.39. The minimum atomic E-state index is -0.337. The van der Waals surface area contributed by atoms with Crippen LogP contribution < -0.4 is 5.32 Å². The summed E-state index contributed by atoms with van der Waals surface area (Å²) in [6.07, 6.45) is 9.70. The van der Waals surface area contributed by atoms with Gasteiger partial charge in [-0.05, 0) is 67.1 Å². The van der Waals surface area contributed by atoms with E-state index in [0.29, 0.717) is 36.9 Å². The molecule has 0 radical (unpaired) electrons. The Kier molecular flexibility index (Phi) is 3.40. The minimum absolute atomic E-state index is 0.00800. The Labute approximate surface area is 155 Å². The summed E-state index contributed by atoms with van der Waals surface area (Å²) in [7, 11) is 0. The summed E-state index contributed by atoms with van der Waals surface area (Å²) < 4.78 is 0. The van der Waals surface area contributed by atoms with Gasteiger partial charge in [0, 0.05) is 24.8 Å². The Morgan fingerprint density at radius 1 is 1.15 bits per heavy atom. The molecule has 4 fully saturated rings. The number of hydrogen-bond donors (Lipinski definition) is 2. The van der Waals surface area contributed by atoms with E-state index in [-0.39, 0.29) is 34.3 Å². The number of ketones is 1. The molecule has 26 heavy (non-hydrogen) atoms. The first-order valence-electron chi connectivity index (χ1n) is 10.5. The normalized spacial score (nSPS) is 53.0. The summed E-state index contributed by atoms with van der Waals surface area (Å²) >= 11 is 0. The van der Waals surface area contributed by atoms with Crippen LogP contribution in [0.25, 0.3) is 0 Å². The number of Topliss-reactive ketones (excluding diaryl/α,β-unsaturated/α-hetero) is 1. The maximum absolute atomic E-state index is 12.0. The molecule has 1 saturated heterocycles. The van der Waals surface area contributed by atoms with Gasteiger partial charge >= 0.3 is 0 Å². The van der Waals surface area contributed by atoms with E-state index in [1.807, 2.05) is 0 Å². The fourth-order valence-corrected chi connectivity index (χ4v) is 8.06. The van der Waals surface area contributed by atoms with Crippen LogP contribution in [0.2, 0.25) is 0 Å². The van der Waals surface area contributed by atoms with Crippen LogP contribution in [0, 0.1) is 28.6 Å². The standard InChI is InChI=1S/C22H31NO3/c1-20-8-5-14(24)11-13(20)3-4-15-16-6-9-22(10-7-18(26)23-22)21(16,2)12-17(25)19(15)20/h3,15-17,19,25H,4-12H2,1-2H3,(H,23,26)/t15?,16?,17-,19?,20-,21-,22+/m0/s1. The molecule has 3 unspecified atom stereocenters. The van der Waals surface area contributed by atoms with Crippen LogP contribution in [0.15, 0.2) is 11.6 Å². The highest BCUT2D eigenvalue weighted by molar-refractivity contribution is 5.82. The molecule has 1 amide bonds. The van der Waals surface area contributed by atoms with Gasteiger partial charge in [-0.1, -0.05) is 25.5 Å². The van der Waals surface area contributed by atoms with Gasteiger partial charge in [0.05, 0.1) is 6.10 Å². The number of rotatable bonds is 0. The Morgan fingerprint density at radius 3 is 2.69 bits per heavy atom. The fourth-order valence-electron chi connectivity index (χ4n) is 8.06. The second kappa shape index (κ2) is 5.21. The highest BCUT2D eigenvalue weighted by Crippen LogP contribution is 2.68. The Balaban J connectivity index is 1.54. The second-order valence-electron chi connectivity index (χ2n) is 10.3. The molecule has 0 aromatic carbocycles. The molecule has 1 heterocycles. The average Bonchev–Trinajstić information content (AvgIpc) is 3.09. The molecule has 1 spiro atoms. The first kappa shape index (κ1) is 17.0. The van der Waals surface area contributed by atoms with E-state index >= 15 is 0 Å². The van der Waals surface area contributed by atoms with Crippen LogP contribution in [-0.4, -0.2) is 28.4 Å². The highest BCUT2D eigenvalue weighted by atomic mass is 16.3. The molecule has 4 aliphatic carbocycles. The smallest absolute Gasteiger partial charge is 0.220 e. The number of fused-ring (bicyclic) bond motifs is 6. The molecular weight excluding hydrogens is 326 g/mol. The van der Waals surface area contributed by atoms with Gasteiger partial charge in [0.25, 0.3) is 0 Å². The van der Waals surface area contributed by atoms with Gasteiger partial charge in [-0.3, -0.25) is 9.59 Å². The van der Waals surface area contributed by atoms with Crippen molar-refractivity contribution in [3.05, 3.63) is 11.6 Å².